The molecule has 0 spiro atoms. The van der Waals surface area contributed by atoms with Gasteiger partial charge in [0.05, 0.1) is 23.9 Å². The van der Waals surface area contributed by atoms with Crippen molar-refractivity contribution in [3.63, 3.8) is 0 Å². The van der Waals surface area contributed by atoms with Crippen molar-refractivity contribution >= 4 is 27.3 Å². The number of thiazole rings is 1. The Bertz CT molecular complexity index is 988. The summed E-state index contributed by atoms with van der Waals surface area (Å²) in [6.07, 6.45) is -1.53. The van der Waals surface area contributed by atoms with E-state index in [4.69, 9.17) is 0 Å². The molecule has 1 aliphatic heterocycles. The fraction of sp³-hybridized carbons (Fsp3) is 0.474. The minimum Gasteiger partial charge on any atom is -0.342 e. The highest BCUT2D eigenvalue weighted by atomic mass is 32.2. The first-order chi connectivity index (χ1) is 14.0. The first-order valence-corrected chi connectivity index (χ1v) is 12.1. The Labute approximate surface area is 177 Å². The van der Waals surface area contributed by atoms with Crippen LogP contribution in [0.5, 0.6) is 0 Å². The summed E-state index contributed by atoms with van der Waals surface area (Å²) in [5.74, 6) is -0.0288. The summed E-state index contributed by atoms with van der Waals surface area (Å²) in [6.45, 7) is 1.40. The molecule has 1 atom stereocenters. The van der Waals surface area contributed by atoms with Gasteiger partial charge in [-0.15, -0.1) is 11.3 Å². The van der Waals surface area contributed by atoms with Crippen molar-refractivity contribution in [2.75, 3.05) is 25.9 Å². The minimum atomic E-state index is -4.39. The van der Waals surface area contributed by atoms with Gasteiger partial charge in [0.1, 0.15) is 5.01 Å². The number of hydrogen-bond donors (Lipinski definition) is 1. The highest BCUT2D eigenvalue weighted by molar-refractivity contribution is 7.88. The molecule has 0 aliphatic carbocycles. The lowest BCUT2D eigenvalue weighted by Crippen LogP contribution is -2.44. The van der Waals surface area contributed by atoms with Gasteiger partial charge in [0.25, 0.3) is 0 Å². The number of halogens is 3. The molecule has 1 amide bonds. The van der Waals surface area contributed by atoms with Crippen LogP contribution in [-0.4, -0.2) is 50.1 Å². The predicted octanol–water partition coefficient (Wildman–Crippen LogP) is 3.16. The van der Waals surface area contributed by atoms with Gasteiger partial charge in [-0.05, 0) is 30.9 Å². The molecule has 6 nitrogen and oxygen atoms in total. The number of benzene rings is 1. The van der Waals surface area contributed by atoms with Gasteiger partial charge in [0.2, 0.25) is 15.9 Å². The molecular weight excluding hydrogens is 439 g/mol. The topological polar surface area (TPSA) is 79.4 Å². The SMILES string of the molecule is CS(=O)(=O)NCC1CCCN(C(=O)Cc2csc(-c3ccc(C(F)(F)F)cc3)n2)C1. The maximum Gasteiger partial charge on any atom is 0.416 e. The van der Waals surface area contributed by atoms with Crippen LogP contribution >= 0.6 is 11.3 Å². The molecule has 1 N–H and O–H groups in total. The van der Waals surface area contributed by atoms with Gasteiger partial charge < -0.3 is 4.90 Å². The Morgan fingerprint density at radius 3 is 2.63 bits per heavy atom. The molecule has 164 valence electrons. The zero-order chi connectivity index (χ0) is 21.9. The van der Waals surface area contributed by atoms with E-state index in [0.29, 0.717) is 35.9 Å². The Hall–Kier alpha value is -1.98. The summed E-state index contributed by atoms with van der Waals surface area (Å²) in [7, 11) is -3.27. The maximum absolute atomic E-state index is 12.7. The number of alkyl halides is 3. The summed E-state index contributed by atoms with van der Waals surface area (Å²) in [6, 6.07) is 4.77. The zero-order valence-electron chi connectivity index (χ0n) is 16.3. The van der Waals surface area contributed by atoms with E-state index in [0.717, 1.165) is 31.2 Å². The monoisotopic (exact) mass is 461 g/mol. The van der Waals surface area contributed by atoms with Gasteiger partial charge in [0, 0.05) is 30.6 Å². The quantitative estimate of drug-likeness (QED) is 0.717. The zero-order valence-corrected chi connectivity index (χ0v) is 17.9. The average Bonchev–Trinajstić information content (AvgIpc) is 3.14. The molecule has 1 fully saturated rings. The number of nitrogens with one attached hydrogen (secondary N) is 1. The third kappa shape index (κ3) is 6.26. The molecular formula is C19H22F3N3O3S2. The molecule has 30 heavy (non-hydrogen) atoms. The van der Waals surface area contributed by atoms with E-state index in [2.05, 4.69) is 9.71 Å². The molecule has 1 aromatic heterocycles. The van der Waals surface area contributed by atoms with E-state index in [9.17, 15) is 26.4 Å². The lowest BCUT2D eigenvalue weighted by molar-refractivity contribution is -0.137. The van der Waals surface area contributed by atoms with Crippen LogP contribution in [0.1, 0.15) is 24.1 Å². The fourth-order valence-electron chi connectivity index (χ4n) is 3.32. The predicted molar refractivity (Wildman–Crippen MR) is 108 cm³/mol. The normalized spacial score (nSPS) is 17.9. The van der Waals surface area contributed by atoms with Crippen molar-refractivity contribution < 1.29 is 26.4 Å². The molecule has 2 heterocycles. The standard InChI is InChI=1S/C19H22F3N3O3S2/c1-30(27,28)23-10-13-3-2-8-25(11-13)17(26)9-16-12-29-18(24-16)14-4-6-15(7-5-14)19(20,21)22/h4-7,12-13,23H,2-3,8-11H2,1H3. The fourth-order valence-corrected chi connectivity index (χ4v) is 4.68. The first-order valence-electron chi connectivity index (χ1n) is 9.36. The number of amides is 1. The largest absolute Gasteiger partial charge is 0.416 e. The number of rotatable bonds is 6. The van der Waals surface area contributed by atoms with Gasteiger partial charge in [-0.1, -0.05) is 12.1 Å². The Kier molecular flexibility index (Phi) is 6.83. The van der Waals surface area contributed by atoms with Crippen molar-refractivity contribution in [2.45, 2.75) is 25.4 Å². The van der Waals surface area contributed by atoms with Gasteiger partial charge >= 0.3 is 6.18 Å². The Balaban J connectivity index is 1.59. The lowest BCUT2D eigenvalue weighted by atomic mass is 9.98. The number of hydrogen-bond acceptors (Lipinski definition) is 5. The Morgan fingerprint density at radius 2 is 2.00 bits per heavy atom. The van der Waals surface area contributed by atoms with E-state index in [1.54, 1.807) is 10.3 Å². The van der Waals surface area contributed by atoms with Crippen LogP contribution in [0.2, 0.25) is 0 Å². The summed E-state index contributed by atoms with van der Waals surface area (Å²) in [5.41, 5.74) is 0.413. The third-order valence-corrected chi connectivity index (χ3v) is 6.48. The van der Waals surface area contributed by atoms with Crippen molar-refractivity contribution in [1.82, 2.24) is 14.6 Å². The van der Waals surface area contributed by atoms with Crippen molar-refractivity contribution in [3.05, 3.63) is 40.9 Å². The number of likely N-dealkylation sites (tertiary alicyclic amines) is 1. The van der Waals surface area contributed by atoms with E-state index in [1.165, 1.54) is 23.5 Å². The van der Waals surface area contributed by atoms with Crippen LogP contribution in [0.25, 0.3) is 10.6 Å². The second kappa shape index (κ2) is 9.03. The third-order valence-electron chi connectivity index (χ3n) is 4.85. The molecule has 1 aliphatic rings. The molecule has 2 aromatic rings. The lowest BCUT2D eigenvalue weighted by Gasteiger charge is -2.32. The number of carbonyl (C=O) groups excluding carboxylic acids is 1. The smallest absolute Gasteiger partial charge is 0.342 e. The van der Waals surface area contributed by atoms with E-state index < -0.39 is 21.8 Å². The summed E-state index contributed by atoms with van der Waals surface area (Å²) < 4.78 is 63.1. The molecule has 0 radical (unpaired) electrons. The van der Waals surface area contributed by atoms with Crippen LogP contribution in [-0.2, 0) is 27.4 Å². The van der Waals surface area contributed by atoms with E-state index >= 15 is 0 Å². The number of nitrogens with zero attached hydrogens (tertiary/aromatic N) is 2. The van der Waals surface area contributed by atoms with E-state index in [1.807, 2.05) is 0 Å². The van der Waals surface area contributed by atoms with Crippen LogP contribution in [0.15, 0.2) is 29.6 Å². The van der Waals surface area contributed by atoms with Gasteiger partial charge in [-0.3, -0.25) is 4.79 Å². The number of aromatic nitrogens is 1. The van der Waals surface area contributed by atoms with Gasteiger partial charge in [0.15, 0.2) is 0 Å². The van der Waals surface area contributed by atoms with E-state index in [-0.39, 0.29) is 18.2 Å². The van der Waals surface area contributed by atoms with Crippen molar-refractivity contribution in [2.24, 2.45) is 5.92 Å². The average molecular weight is 462 g/mol. The Morgan fingerprint density at radius 1 is 1.30 bits per heavy atom. The highest BCUT2D eigenvalue weighted by Gasteiger charge is 2.30. The van der Waals surface area contributed by atoms with Crippen LogP contribution in [0.3, 0.4) is 0 Å². The second-order valence-corrected chi connectivity index (χ2v) is 10.1. The summed E-state index contributed by atoms with van der Waals surface area (Å²) in [4.78, 5) is 18.8. The molecule has 1 unspecified atom stereocenters. The van der Waals surface area contributed by atoms with Crippen molar-refractivity contribution in [3.8, 4) is 10.6 Å². The maximum atomic E-state index is 12.7. The van der Waals surface area contributed by atoms with Gasteiger partial charge in [-0.2, -0.15) is 13.2 Å². The summed E-state index contributed by atoms with van der Waals surface area (Å²) in [5, 5.41) is 2.29. The van der Waals surface area contributed by atoms with Gasteiger partial charge in [-0.25, -0.2) is 18.1 Å². The molecule has 3 rings (SSSR count). The molecule has 11 heteroatoms. The molecule has 1 aromatic carbocycles. The first kappa shape index (κ1) is 22.7. The molecule has 0 saturated carbocycles. The number of sulfonamides is 1. The van der Waals surface area contributed by atoms with Crippen LogP contribution < -0.4 is 4.72 Å². The van der Waals surface area contributed by atoms with Crippen molar-refractivity contribution in [1.29, 1.82) is 0 Å². The highest BCUT2D eigenvalue weighted by Crippen LogP contribution is 2.32. The second-order valence-electron chi connectivity index (χ2n) is 7.36. The summed E-state index contributed by atoms with van der Waals surface area (Å²) >= 11 is 1.28. The molecule has 1 saturated heterocycles. The number of piperidine rings is 1. The number of carbonyl (C=O) groups is 1. The minimum absolute atomic E-state index is 0.0653. The van der Waals surface area contributed by atoms with Crippen LogP contribution in [0, 0.1) is 5.92 Å². The molecule has 0 bridgehead atoms. The van der Waals surface area contributed by atoms with Crippen LogP contribution in [0.4, 0.5) is 13.2 Å².